The van der Waals surface area contributed by atoms with Crippen molar-refractivity contribution in [2.24, 2.45) is 11.3 Å². The second-order valence-corrected chi connectivity index (χ2v) is 5.09. The molecule has 0 spiro atoms. The van der Waals surface area contributed by atoms with Crippen LogP contribution in [0.5, 0.6) is 0 Å². The van der Waals surface area contributed by atoms with Crippen molar-refractivity contribution in [2.45, 2.75) is 27.2 Å². The standard InChI is InChI=1S/C13H17FO2/c1-13(2,3)11(12(15)16)8-9-4-6-10(14)7-5-9/h4-7,11H,8H2,1-3H3,(H,15,16). The molecule has 0 saturated carbocycles. The fourth-order valence-corrected chi connectivity index (χ4v) is 1.62. The van der Waals surface area contributed by atoms with Crippen molar-refractivity contribution in [3.8, 4) is 0 Å². The predicted molar refractivity (Wildman–Crippen MR) is 60.7 cm³/mol. The second-order valence-electron chi connectivity index (χ2n) is 5.09. The van der Waals surface area contributed by atoms with Gasteiger partial charge in [0.25, 0.3) is 0 Å². The highest BCUT2D eigenvalue weighted by molar-refractivity contribution is 5.71. The molecule has 1 aromatic carbocycles. The van der Waals surface area contributed by atoms with E-state index in [1.54, 1.807) is 12.1 Å². The summed E-state index contributed by atoms with van der Waals surface area (Å²) in [6, 6.07) is 5.99. The first-order valence-corrected chi connectivity index (χ1v) is 5.28. The Labute approximate surface area is 95.1 Å². The van der Waals surface area contributed by atoms with Crippen LogP contribution in [0, 0.1) is 17.2 Å². The maximum absolute atomic E-state index is 12.7. The van der Waals surface area contributed by atoms with Crippen LogP contribution in [0.15, 0.2) is 24.3 Å². The number of carboxylic acid groups (broad SMARTS) is 1. The molecule has 0 radical (unpaired) electrons. The van der Waals surface area contributed by atoms with Crippen molar-refractivity contribution in [3.05, 3.63) is 35.6 Å². The fourth-order valence-electron chi connectivity index (χ4n) is 1.62. The van der Waals surface area contributed by atoms with E-state index in [0.717, 1.165) is 5.56 Å². The molecule has 0 heterocycles. The molecule has 0 aliphatic carbocycles. The Morgan fingerprint density at radius 1 is 1.31 bits per heavy atom. The van der Waals surface area contributed by atoms with Crippen molar-refractivity contribution in [2.75, 3.05) is 0 Å². The number of halogens is 1. The summed E-state index contributed by atoms with van der Waals surface area (Å²) in [7, 11) is 0. The molecule has 0 aliphatic heterocycles. The molecular formula is C13H17FO2. The van der Waals surface area contributed by atoms with E-state index in [4.69, 9.17) is 5.11 Å². The van der Waals surface area contributed by atoms with Gasteiger partial charge >= 0.3 is 5.97 Å². The first-order chi connectivity index (χ1) is 7.30. The third-order valence-electron chi connectivity index (χ3n) is 2.70. The number of carbonyl (C=O) groups is 1. The molecule has 0 fully saturated rings. The van der Waals surface area contributed by atoms with Crippen LogP contribution in [0.3, 0.4) is 0 Å². The highest BCUT2D eigenvalue weighted by Gasteiger charge is 2.31. The molecule has 1 N–H and O–H groups in total. The summed E-state index contributed by atoms with van der Waals surface area (Å²) >= 11 is 0. The van der Waals surface area contributed by atoms with Crippen LogP contribution in [-0.2, 0) is 11.2 Å². The van der Waals surface area contributed by atoms with Gasteiger partial charge in [0.2, 0.25) is 0 Å². The van der Waals surface area contributed by atoms with Crippen molar-refractivity contribution in [1.29, 1.82) is 0 Å². The maximum Gasteiger partial charge on any atom is 0.307 e. The molecule has 0 aromatic heterocycles. The van der Waals surface area contributed by atoms with E-state index in [0.29, 0.717) is 6.42 Å². The molecule has 1 rings (SSSR count). The topological polar surface area (TPSA) is 37.3 Å². The molecule has 2 nitrogen and oxygen atoms in total. The Hall–Kier alpha value is -1.38. The number of hydrogen-bond acceptors (Lipinski definition) is 1. The van der Waals surface area contributed by atoms with Gasteiger partial charge in [-0.2, -0.15) is 0 Å². The first-order valence-electron chi connectivity index (χ1n) is 5.28. The van der Waals surface area contributed by atoms with E-state index in [1.807, 2.05) is 20.8 Å². The summed E-state index contributed by atoms with van der Waals surface area (Å²) < 4.78 is 12.7. The molecule has 0 saturated heterocycles. The molecule has 16 heavy (non-hydrogen) atoms. The Morgan fingerprint density at radius 2 is 1.81 bits per heavy atom. The number of hydrogen-bond donors (Lipinski definition) is 1. The van der Waals surface area contributed by atoms with Crippen molar-refractivity contribution < 1.29 is 14.3 Å². The Kier molecular flexibility index (Phi) is 3.68. The second kappa shape index (κ2) is 4.64. The lowest BCUT2D eigenvalue weighted by atomic mass is 9.77. The zero-order valence-corrected chi connectivity index (χ0v) is 9.83. The summed E-state index contributed by atoms with van der Waals surface area (Å²) in [6.07, 6.45) is 0.430. The van der Waals surface area contributed by atoms with Gasteiger partial charge in [0.05, 0.1) is 5.92 Å². The largest absolute Gasteiger partial charge is 0.481 e. The molecule has 1 aromatic rings. The Morgan fingerprint density at radius 3 is 2.19 bits per heavy atom. The normalized spacial score (nSPS) is 13.5. The van der Waals surface area contributed by atoms with E-state index in [2.05, 4.69) is 0 Å². The van der Waals surface area contributed by atoms with Crippen molar-refractivity contribution in [3.63, 3.8) is 0 Å². The molecule has 0 aliphatic rings. The lowest BCUT2D eigenvalue weighted by Gasteiger charge is -2.27. The van der Waals surface area contributed by atoms with Gasteiger partial charge in [0.1, 0.15) is 5.82 Å². The highest BCUT2D eigenvalue weighted by Crippen LogP contribution is 2.29. The number of aliphatic carboxylic acids is 1. The predicted octanol–water partition coefficient (Wildman–Crippen LogP) is 3.12. The van der Waals surface area contributed by atoms with Gasteiger partial charge in [-0.15, -0.1) is 0 Å². The highest BCUT2D eigenvalue weighted by atomic mass is 19.1. The third-order valence-corrected chi connectivity index (χ3v) is 2.70. The number of carboxylic acids is 1. The van der Waals surface area contributed by atoms with E-state index < -0.39 is 11.9 Å². The van der Waals surface area contributed by atoms with Gasteiger partial charge in [-0.25, -0.2) is 4.39 Å². The van der Waals surface area contributed by atoms with Crippen LogP contribution in [0.2, 0.25) is 0 Å². The minimum Gasteiger partial charge on any atom is -0.481 e. The Balaban J connectivity index is 2.84. The van der Waals surface area contributed by atoms with Gasteiger partial charge in [0.15, 0.2) is 0 Å². The lowest BCUT2D eigenvalue weighted by Crippen LogP contribution is -2.30. The average Bonchev–Trinajstić information content (AvgIpc) is 2.14. The quantitative estimate of drug-likeness (QED) is 0.856. The zero-order chi connectivity index (χ0) is 12.3. The molecule has 1 atom stereocenters. The first kappa shape index (κ1) is 12.7. The molecule has 0 bridgehead atoms. The zero-order valence-electron chi connectivity index (χ0n) is 9.83. The molecule has 0 amide bonds. The molecule has 88 valence electrons. The lowest BCUT2D eigenvalue weighted by molar-refractivity contribution is -0.145. The molecule has 1 unspecified atom stereocenters. The third kappa shape index (κ3) is 3.33. The summed E-state index contributed by atoms with van der Waals surface area (Å²) in [4.78, 5) is 11.1. The van der Waals surface area contributed by atoms with Crippen molar-refractivity contribution >= 4 is 5.97 Å². The van der Waals surface area contributed by atoms with Gasteiger partial charge in [-0.3, -0.25) is 4.79 Å². The summed E-state index contributed by atoms with van der Waals surface area (Å²) in [5.41, 5.74) is 0.545. The minimum atomic E-state index is -0.808. The smallest absolute Gasteiger partial charge is 0.307 e. The minimum absolute atomic E-state index is 0.300. The van der Waals surface area contributed by atoms with Gasteiger partial charge < -0.3 is 5.11 Å². The molecule has 3 heteroatoms. The summed E-state index contributed by atoms with van der Waals surface area (Å²) in [5.74, 6) is -1.57. The van der Waals surface area contributed by atoms with Crippen LogP contribution >= 0.6 is 0 Å². The maximum atomic E-state index is 12.7. The van der Waals surface area contributed by atoms with E-state index >= 15 is 0 Å². The van der Waals surface area contributed by atoms with E-state index in [1.165, 1.54) is 12.1 Å². The van der Waals surface area contributed by atoms with Crippen LogP contribution in [0.4, 0.5) is 4.39 Å². The van der Waals surface area contributed by atoms with Crippen molar-refractivity contribution in [1.82, 2.24) is 0 Å². The number of benzene rings is 1. The molecular weight excluding hydrogens is 207 g/mol. The van der Waals surface area contributed by atoms with Crippen LogP contribution in [0.1, 0.15) is 26.3 Å². The van der Waals surface area contributed by atoms with Crippen LogP contribution < -0.4 is 0 Å². The van der Waals surface area contributed by atoms with Gasteiger partial charge in [0, 0.05) is 0 Å². The summed E-state index contributed by atoms with van der Waals surface area (Å²) in [5, 5.41) is 9.15. The SMILES string of the molecule is CC(C)(C)C(Cc1ccc(F)cc1)C(=O)O. The van der Waals surface area contributed by atoms with Crippen LogP contribution in [-0.4, -0.2) is 11.1 Å². The fraction of sp³-hybridized carbons (Fsp3) is 0.462. The van der Waals surface area contributed by atoms with Gasteiger partial charge in [-0.1, -0.05) is 32.9 Å². The van der Waals surface area contributed by atoms with Gasteiger partial charge in [-0.05, 0) is 29.5 Å². The Bertz CT molecular complexity index is 363. The summed E-state index contributed by atoms with van der Waals surface area (Å²) in [6.45, 7) is 5.69. The average molecular weight is 224 g/mol. The van der Waals surface area contributed by atoms with E-state index in [-0.39, 0.29) is 11.2 Å². The monoisotopic (exact) mass is 224 g/mol. The van der Waals surface area contributed by atoms with Crippen LogP contribution in [0.25, 0.3) is 0 Å². The van der Waals surface area contributed by atoms with E-state index in [9.17, 15) is 9.18 Å². The number of rotatable bonds is 3.